The number of nitrogens with one attached hydrogen (secondary N) is 1. The molecule has 0 bridgehead atoms. The molecule has 0 radical (unpaired) electrons. The van der Waals surface area contributed by atoms with Crippen molar-refractivity contribution >= 4 is 5.91 Å². The maximum absolute atomic E-state index is 11.3. The van der Waals surface area contributed by atoms with Gasteiger partial charge in [-0.05, 0) is 18.6 Å². The standard InChI is InChI=1S/C10H13NO2/c1-2-8-13-11-10(12)9-6-4-3-5-7-9/h3-7H,2,8H2,1H3,(H,11,12). The molecule has 0 fully saturated rings. The number of benzene rings is 1. The Morgan fingerprint density at radius 3 is 2.69 bits per heavy atom. The lowest BCUT2D eigenvalue weighted by Gasteiger charge is -2.03. The molecule has 1 amide bonds. The molecule has 0 aliphatic heterocycles. The summed E-state index contributed by atoms with van der Waals surface area (Å²) in [5.74, 6) is -0.200. The van der Waals surface area contributed by atoms with Gasteiger partial charge in [0.25, 0.3) is 5.91 Å². The van der Waals surface area contributed by atoms with Crippen LogP contribution in [-0.2, 0) is 4.84 Å². The average Bonchev–Trinajstić information content (AvgIpc) is 2.19. The van der Waals surface area contributed by atoms with Gasteiger partial charge in [-0.3, -0.25) is 9.63 Å². The molecule has 1 aromatic rings. The number of rotatable bonds is 4. The molecule has 0 spiro atoms. The molecule has 3 nitrogen and oxygen atoms in total. The monoisotopic (exact) mass is 179 g/mol. The lowest BCUT2D eigenvalue weighted by molar-refractivity contribution is 0.0315. The molecule has 1 rings (SSSR count). The normalized spacial score (nSPS) is 9.62. The highest BCUT2D eigenvalue weighted by molar-refractivity contribution is 5.93. The molecular formula is C10H13NO2. The van der Waals surface area contributed by atoms with E-state index in [1.54, 1.807) is 12.1 Å². The Kier molecular flexibility index (Phi) is 3.99. The highest BCUT2D eigenvalue weighted by atomic mass is 16.6. The first-order chi connectivity index (χ1) is 6.34. The van der Waals surface area contributed by atoms with E-state index >= 15 is 0 Å². The number of hydrogen-bond acceptors (Lipinski definition) is 2. The second-order valence-corrected chi connectivity index (χ2v) is 2.65. The lowest BCUT2D eigenvalue weighted by Crippen LogP contribution is -2.23. The third-order valence-corrected chi connectivity index (χ3v) is 1.51. The van der Waals surface area contributed by atoms with Gasteiger partial charge in [0.15, 0.2) is 0 Å². The predicted octanol–water partition coefficient (Wildman–Crippen LogP) is 1.76. The molecule has 13 heavy (non-hydrogen) atoms. The molecular weight excluding hydrogens is 166 g/mol. The summed E-state index contributed by atoms with van der Waals surface area (Å²) >= 11 is 0. The number of hydrogen-bond donors (Lipinski definition) is 1. The molecule has 0 aliphatic carbocycles. The second kappa shape index (κ2) is 5.32. The van der Waals surface area contributed by atoms with Crippen LogP contribution < -0.4 is 5.48 Å². The molecule has 0 saturated carbocycles. The summed E-state index contributed by atoms with van der Waals surface area (Å²) in [5.41, 5.74) is 2.97. The van der Waals surface area contributed by atoms with E-state index in [2.05, 4.69) is 5.48 Å². The first-order valence-electron chi connectivity index (χ1n) is 4.31. The summed E-state index contributed by atoms with van der Waals surface area (Å²) in [6, 6.07) is 8.97. The highest BCUT2D eigenvalue weighted by Crippen LogP contribution is 1.97. The van der Waals surface area contributed by atoms with Crippen LogP contribution in [-0.4, -0.2) is 12.5 Å². The van der Waals surface area contributed by atoms with Crippen LogP contribution in [0.15, 0.2) is 30.3 Å². The molecule has 0 unspecified atom stereocenters. The first-order valence-corrected chi connectivity index (χ1v) is 4.31. The molecule has 3 heteroatoms. The van der Waals surface area contributed by atoms with Crippen LogP contribution in [0.4, 0.5) is 0 Å². The van der Waals surface area contributed by atoms with Crippen molar-refractivity contribution in [2.24, 2.45) is 0 Å². The first kappa shape index (κ1) is 9.74. The Hall–Kier alpha value is -1.35. The summed E-state index contributed by atoms with van der Waals surface area (Å²) in [5, 5.41) is 0. The molecule has 0 atom stereocenters. The third kappa shape index (κ3) is 3.25. The third-order valence-electron chi connectivity index (χ3n) is 1.51. The van der Waals surface area contributed by atoms with E-state index in [-0.39, 0.29) is 5.91 Å². The van der Waals surface area contributed by atoms with Crippen molar-refractivity contribution in [3.05, 3.63) is 35.9 Å². The zero-order chi connectivity index (χ0) is 9.52. The zero-order valence-corrected chi connectivity index (χ0v) is 7.62. The van der Waals surface area contributed by atoms with Crippen LogP contribution in [0.1, 0.15) is 23.7 Å². The maximum Gasteiger partial charge on any atom is 0.274 e. The molecule has 0 heterocycles. The Bertz CT molecular complexity index is 259. The minimum atomic E-state index is -0.200. The van der Waals surface area contributed by atoms with E-state index in [9.17, 15) is 4.79 Å². The molecule has 0 aromatic heterocycles. The SMILES string of the molecule is CCCONC(=O)c1ccccc1. The van der Waals surface area contributed by atoms with E-state index in [1.165, 1.54) is 0 Å². The smallest absolute Gasteiger partial charge is 0.273 e. The van der Waals surface area contributed by atoms with Crippen LogP contribution in [0, 0.1) is 0 Å². The fraction of sp³-hybridized carbons (Fsp3) is 0.300. The Balaban J connectivity index is 2.40. The highest BCUT2D eigenvalue weighted by Gasteiger charge is 2.02. The maximum atomic E-state index is 11.3. The van der Waals surface area contributed by atoms with E-state index in [1.807, 2.05) is 25.1 Å². The molecule has 1 N–H and O–H groups in total. The van der Waals surface area contributed by atoms with E-state index in [0.29, 0.717) is 12.2 Å². The zero-order valence-electron chi connectivity index (χ0n) is 7.62. The van der Waals surface area contributed by atoms with Gasteiger partial charge in [-0.15, -0.1) is 0 Å². The van der Waals surface area contributed by atoms with Gasteiger partial charge in [0, 0.05) is 5.56 Å². The van der Waals surface area contributed by atoms with Crippen molar-refractivity contribution in [3.8, 4) is 0 Å². The van der Waals surface area contributed by atoms with Crippen LogP contribution in [0.3, 0.4) is 0 Å². The quantitative estimate of drug-likeness (QED) is 0.565. The Morgan fingerprint density at radius 1 is 1.38 bits per heavy atom. The van der Waals surface area contributed by atoms with Crippen LogP contribution in [0.2, 0.25) is 0 Å². The van der Waals surface area contributed by atoms with Gasteiger partial charge in [0.1, 0.15) is 0 Å². The fourth-order valence-corrected chi connectivity index (χ4v) is 0.867. The molecule has 1 aromatic carbocycles. The summed E-state index contributed by atoms with van der Waals surface area (Å²) in [7, 11) is 0. The van der Waals surface area contributed by atoms with E-state index < -0.39 is 0 Å². The molecule has 0 aliphatic rings. The van der Waals surface area contributed by atoms with Gasteiger partial charge in [-0.25, -0.2) is 5.48 Å². The topological polar surface area (TPSA) is 38.3 Å². The summed E-state index contributed by atoms with van der Waals surface area (Å²) in [6.07, 6.45) is 0.884. The number of hydroxylamine groups is 1. The molecule has 0 saturated heterocycles. The van der Waals surface area contributed by atoms with Crippen molar-refractivity contribution in [2.75, 3.05) is 6.61 Å². The van der Waals surface area contributed by atoms with E-state index in [0.717, 1.165) is 6.42 Å². The van der Waals surface area contributed by atoms with Crippen LogP contribution in [0.25, 0.3) is 0 Å². The van der Waals surface area contributed by atoms with Gasteiger partial charge in [0.05, 0.1) is 6.61 Å². The Morgan fingerprint density at radius 2 is 2.08 bits per heavy atom. The van der Waals surface area contributed by atoms with Gasteiger partial charge >= 0.3 is 0 Å². The van der Waals surface area contributed by atoms with Crippen molar-refractivity contribution in [1.82, 2.24) is 5.48 Å². The summed E-state index contributed by atoms with van der Waals surface area (Å²) in [6.45, 7) is 2.52. The van der Waals surface area contributed by atoms with Gasteiger partial charge < -0.3 is 0 Å². The summed E-state index contributed by atoms with van der Waals surface area (Å²) in [4.78, 5) is 16.2. The number of carbonyl (C=O) groups is 1. The number of amides is 1. The second-order valence-electron chi connectivity index (χ2n) is 2.65. The van der Waals surface area contributed by atoms with Crippen molar-refractivity contribution in [2.45, 2.75) is 13.3 Å². The average molecular weight is 179 g/mol. The van der Waals surface area contributed by atoms with Gasteiger partial charge in [-0.1, -0.05) is 25.1 Å². The predicted molar refractivity (Wildman–Crippen MR) is 50.2 cm³/mol. The van der Waals surface area contributed by atoms with Crippen molar-refractivity contribution < 1.29 is 9.63 Å². The van der Waals surface area contributed by atoms with Crippen LogP contribution >= 0.6 is 0 Å². The summed E-state index contributed by atoms with van der Waals surface area (Å²) < 4.78 is 0. The minimum absolute atomic E-state index is 0.200. The van der Waals surface area contributed by atoms with Crippen molar-refractivity contribution in [1.29, 1.82) is 0 Å². The largest absolute Gasteiger partial charge is 0.274 e. The van der Waals surface area contributed by atoms with Gasteiger partial charge in [-0.2, -0.15) is 0 Å². The minimum Gasteiger partial charge on any atom is -0.273 e. The van der Waals surface area contributed by atoms with Crippen LogP contribution in [0.5, 0.6) is 0 Å². The van der Waals surface area contributed by atoms with Gasteiger partial charge in [0.2, 0.25) is 0 Å². The lowest BCUT2D eigenvalue weighted by atomic mass is 10.2. The Labute approximate surface area is 77.7 Å². The van der Waals surface area contributed by atoms with E-state index in [4.69, 9.17) is 4.84 Å². The number of carbonyl (C=O) groups excluding carboxylic acids is 1. The molecule has 70 valence electrons. The van der Waals surface area contributed by atoms with Crippen molar-refractivity contribution in [3.63, 3.8) is 0 Å². The fourth-order valence-electron chi connectivity index (χ4n) is 0.867.